The molecule has 0 saturated carbocycles. The first-order valence-electron chi connectivity index (χ1n) is 6.70. The van der Waals surface area contributed by atoms with E-state index in [1.807, 2.05) is 6.92 Å². The van der Waals surface area contributed by atoms with Crippen molar-refractivity contribution in [1.82, 2.24) is 10.2 Å². The molecule has 0 aromatic rings. The van der Waals surface area contributed by atoms with Crippen LogP contribution in [-0.4, -0.2) is 48.8 Å². The van der Waals surface area contributed by atoms with Crippen molar-refractivity contribution in [1.29, 1.82) is 0 Å². The van der Waals surface area contributed by atoms with Crippen LogP contribution in [0.3, 0.4) is 0 Å². The second-order valence-electron chi connectivity index (χ2n) is 6.09. The smallest absolute Gasteiger partial charge is 0.0541 e. The van der Waals surface area contributed by atoms with Crippen molar-refractivity contribution in [2.24, 2.45) is 11.3 Å². The molecule has 0 bridgehead atoms. The van der Waals surface area contributed by atoms with Crippen LogP contribution in [0.2, 0.25) is 0 Å². The fraction of sp³-hybridized carbons (Fsp3) is 1.00. The summed E-state index contributed by atoms with van der Waals surface area (Å²) in [5.74, 6) is 0.533. The molecule has 2 rings (SSSR count). The maximum Gasteiger partial charge on any atom is 0.0541 e. The molecule has 2 heterocycles. The predicted molar refractivity (Wildman–Crippen MR) is 66.4 cm³/mol. The van der Waals surface area contributed by atoms with Gasteiger partial charge in [0, 0.05) is 13.1 Å². The lowest BCUT2D eigenvalue weighted by atomic mass is 9.86. The quantitative estimate of drug-likeness (QED) is 0.756. The van der Waals surface area contributed by atoms with Gasteiger partial charge in [0.2, 0.25) is 0 Å². The zero-order valence-electron chi connectivity index (χ0n) is 10.7. The van der Waals surface area contributed by atoms with E-state index >= 15 is 0 Å². The summed E-state index contributed by atoms with van der Waals surface area (Å²) in [5.41, 5.74) is 0.484. The van der Waals surface area contributed by atoms with Gasteiger partial charge in [-0.05, 0) is 57.2 Å². The third-order valence-electron chi connectivity index (χ3n) is 4.38. The molecule has 2 N–H and O–H groups in total. The van der Waals surface area contributed by atoms with Gasteiger partial charge < -0.3 is 15.3 Å². The zero-order chi connectivity index (χ0) is 11.6. The highest BCUT2D eigenvalue weighted by atomic mass is 16.3. The largest absolute Gasteiger partial charge is 0.393 e. The number of hydrogen-bond acceptors (Lipinski definition) is 3. The minimum atomic E-state index is -0.120. The van der Waals surface area contributed by atoms with Gasteiger partial charge in [0.25, 0.3) is 0 Å². The molecule has 2 unspecified atom stereocenters. The summed E-state index contributed by atoms with van der Waals surface area (Å²) in [6, 6.07) is 0. The third kappa shape index (κ3) is 2.96. The molecule has 0 radical (unpaired) electrons. The Kier molecular flexibility index (Phi) is 3.88. The molecular formula is C13H26N2O. The van der Waals surface area contributed by atoms with Gasteiger partial charge >= 0.3 is 0 Å². The van der Waals surface area contributed by atoms with Gasteiger partial charge in [-0.3, -0.25) is 0 Å². The number of aliphatic hydroxyl groups excluding tert-OH is 1. The average Bonchev–Trinajstić information content (AvgIpc) is 2.65. The van der Waals surface area contributed by atoms with Crippen LogP contribution in [-0.2, 0) is 0 Å². The maximum atomic E-state index is 9.57. The summed E-state index contributed by atoms with van der Waals surface area (Å²) in [6.45, 7) is 10.3. The molecule has 2 fully saturated rings. The van der Waals surface area contributed by atoms with Gasteiger partial charge in [-0.1, -0.05) is 6.92 Å². The maximum absolute atomic E-state index is 9.57. The molecule has 94 valence electrons. The minimum Gasteiger partial charge on any atom is -0.393 e. The topological polar surface area (TPSA) is 35.5 Å². The van der Waals surface area contributed by atoms with E-state index in [-0.39, 0.29) is 6.10 Å². The van der Waals surface area contributed by atoms with Crippen LogP contribution < -0.4 is 5.32 Å². The van der Waals surface area contributed by atoms with E-state index < -0.39 is 0 Å². The predicted octanol–water partition coefficient (Wildman–Crippen LogP) is 1.08. The van der Waals surface area contributed by atoms with Gasteiger partial charge in [-0.2, -0.15) is 0 Å². The molecule has 0 amide bonds. The number of rotatable bonds is 3. The van der Waals surface area contributed by atoms with Gasteiger partial charge in [-0.15, -0.1) is 0 Å². The Morgan fingerprint density at radius 2 is 2.12 bits per heavy atom. The molecule has 2 saturated heterocycles. The van der Waals surface area contributed by atoms with E-state index in [0.717, 1.165) is 0 Å². The lowest BCUT2D eigenvalue weighted by Crippen LogP contribution is -2.43. The highest BCUT2D eigenvalue weighted by Crippen LogP contribution is 2.28. The van der Waals surface area contributed by atoms with E-state index in [2.05, 4.69) is 17.1 Å². The Morgan fingerprint density at radius 1 is 1.44 bits per heavy atom. The Hall–Kier alpha value is -0.120. The van der Waals surface area contributed by atoms with Crippen LogP contribution >= 0.6 is 0 Å². The first-order valence-corrected chi connectivity index (χ1v) is 6.70. The van der Waals surface area contributed by atoms with Gasteiger partial charge in [0.1, 0.15) is 0 Å². The molecule has 2 atom stereocenters. The van der Waals surface area contributed by atoms with Crippen LogP contribution in [0.15, 0.2) is 0 Å². The van der Waals surface area contributed by atoms with Crippen molar-refractivity contribution in [2.45, 2.75) is 39.2 Å². The number of nitrogens with zero attached hydrogens (tertiary/aromatic N) is 1. The Morgan fingerprint density at radius 3 is 2.62 bits per heavy atom. The van der Waals surface area contributed by atoms with E-state index in [1.54, 1.807) is 0 Å². The zero-order valence-corrected chi connectivity index (χ0v) is 10.7. The second kappa shape index (κ2) is 5.03. The van der Waals surface area contributed by atoms with Crippen molar-refractivity contribution in [3.8, 4) is 0 Å². The molecule has 0 spiro atoms. The first-order chi connectivity index (χ1) is 7.59. The van der Waals surface area contributed by atoms with E-state index in [9.17, 15) is 5.11 Å². The number of likely N-dealkylation sites (tertiary alicyclic amines) is 1. The summed E-state index contributed by atoms with van der Waals surface area (Å²) in [7, 11) is 0. The fourth-order valence-electron chi connectivity index (χ4n) is 3.14. The molecule has 0 aromatic carbocycles. The van der Waals surface area contributed by atoms with E-state index in [1.165, 1.54) is 52.0 Å². The van der Waals surface area contributed by atoms with E-state index in [4.69, 9.17) is 0 Å². The monoisotopic (exact) mass is 226 g/mol. The normalized spacial score (nSPS) is 35.4. The van der Waals surface area contributed by atoms with Crippen molar-refractivity contribution in [3.05, 3.63) is 0 Å². The third-order valence-corrected chi connectivity index (χ3v) is 4.38. The van der Waals surface area contributed by atoms with Crippen molar-refractivity contribution in [2.75, 3.05) is 32.7 Å². The standard InChI is InChI=1S/C13H26N2O/c1-11(16)12-3-7-15(8-4-12)10-13(2)5-6-14-9-13/h11-12,14,16H,3-10H2,1-2H3. The number of nitrogens with one attached hydrogen (secondary N) is 1. The summed E-state index contributed by atoms with van der Waals surface area (Å²) >= 11 is 0. The van der Waals surface area contributed by atoms with E-state index in [0.29, 0.717) is 11.3 Å². The van der Waals surface area contributed by atoms with Crippen molar-refractivity contribution < 1.29 is 5.11 Å². The first kappa shape index (κ1) is 12.3. The van der Waals surface area contributed by atoms with Crippen molar-refractivity contribution >= 4 is 0 Å². The number of aliphatic hydroxyl groups is 1. The van der Waals surface area contributed by atoms with Crippen LogP contribution in [0, 0.1) is 11.3 Å². The van der Waals surface area contributed by atoms with Crippen molar-refractivity contribution in [3.63, 3.8) is 0 Å². The molecule has 2 aliphatic heterocycles. The lowest BCUT2D eigenvalue weighted by Gasteiger charge is -2.37. The summed E-state index contributed by atoms with van der Waals surface area (Å²) in [6.07, 6.45) is 3.52. The molecule has 3 heteroatoms. The van der Waals surface area contributed by atoms with Gasteiger partial charge in [0.05, 0.1) is 6.10 Å². The summed E-state index contributed by atoms with van der Waals surface area (Å²) in [5, 5.41) is 13.0. The molecule has 3 nitrogen and oxygen atoms in total. The highest BCUT2D eigenvalue weighted by Gasteiger charge is 2.32. The molecular weight excluding hydrogens is 200 g/mol. The molecule has 16 heavy (non-hydrogen) atoms. The van der Waals surface area contributed by atoms with Gasteiger partial charge in [-0.25, -0.2) is 0 Å². The molecule has 0 aromatic heterocycles. The number of piperidine rings is 1. The number of hydrogen-bond donors (Lipinski definition) is 2. The SMILES string of the molecule is CC(O)C1CCN(CC2(C)CCNC2)CC1. The molecule has 2 aliphatic rings. The van der Waals surface area contributed by atoms with Crippen LogP contribution in [0.1, 0.15) is 33.1 Å². The summed E-state index contributed by atoms with van der Waals surface area (Å²) in [4.78, 5) is 2.59. The second-order valence-corrected chi connectivity index (χ2v) is 6.09. The van der Waals surface area contributed by atoms with Crippen LogP contribution in [0.25, 0.3) is 0 Å². The Bertz CT molecular complexity index is 216. The van der Waals surface area contributed by atoms with Crippen LogP contribution in [0.5, 0.6) is 0 Å². The molecule has 0 aliphatic carbocycles. The summed E-state index contributed by atoms with van der Waals surface area (Å²) < 4.78 is 0. The highest BCUT2D eigenvalue weighted by molar-refractivity contribution is 4.88. The minimum absolute atomic E-state index is 0.120. The average molecular weight is 226 g/mol. The Labute approximate surface area is 99.2 Å². The Balaban J connectivity index is 1.76. The fourth-order valence-corrected chi connectivity index (χ4v) is 3.14. The lowest BCUT2D eigenvalue weighted by molar-refractivity contribution is 0.0583. The van der Waals surface area contributed by atoms with Gasteiger partial charge in [0.15, 0.2) is 0 Å². The van der Waals surface area contributed by atoms with Crippen LogP contribution in [0.4, 0.5) is 0 Å².